The SMILES string of the molecule is CC(C)C(N)C(=O)OCCC(NC(=O)C1SCCN1S(=O)(=O)c1ccc(-c2ccccc2)cc1)c1ccc(F)cc1. The van der Waals surface area contributed by atoms with E-state index in [4.69, 9.17) is 10.5 Å². The van der Waals surface area contributed by atoms with E-state index in [0.717, 1.165) is 11.1 Å². The first-order chi connectivity index (χ1) is 19.6. The van der Waals surface area contributed by atoms with Gasteiger partial charge in [-0.3, -0.25) is 9.59 Å². The van der Waals surface area contributed by atoms with Crippen molar-refractivity contribution in [2.24, 2.45) is 11.7 Å². The molecule has 1 amide bonds. The summed E-state index contributed by atoms with van der Waals surface area (Å²) in [5, 5.41) is 1.90. The van der Waals surface area contributed by atoms with E-state index in [1.165, 1.54) is 40.3 Å². The Morgan fingerprint density at radius 3 is 2.29 bits per heavy atom. The number of ether oxygens (including phenoxy) is 1. The zero-order chi connectivity index (χ0) is 29.6. The maximum Gasteiger partial charge on any atom is 0.323 e. The Hall–Kier alpha value is -3.25. The van der Waals surface area contributed by atoms with Crippen LogP contribution in [0.25, 0.3) is 11.1 Å². The van der Waals surface area contributed by atoms with Gasteiger partial charge in [-0.25, -0.2) is 12.8 Å². The Kier molecular flexibility index (Phi) is 10.2. The van der Waals surface area contributed by atoms with Crippen LogP contribution in [0.1, 0.15) is 31.9 Å². The predicted molar refractivity (Wildman–Crippen MR) is 158 cm³/mol. The standard InChI is InChI=1S/C30H34FN3O5S2/c1-20(2)27(32)30(36)39-18-16-26(23-8-12-24(31)13-9-23)33-28(35)29-34(17-19-40-29)41(37,38)25-14-10-22(11-15-25)21-6-4-3-5-7-21/h3-15,20,26-27,29H,16-19,32H2,1-2H3,(H,33,35). The van der Waals surface area contributed by atoms with Crippen molar-refractivity contribution >= 4 is 33.7 Å². The molecule has 1 aliphatic rings. The number of nitrogens with zero attached hydrogens (tertiary/aromatic N) is 1. The van der Waals surface area contributed by atoms with Gasteiger partial charge in [0.2, 0.25) is 15.9 Å². The first kappa shape index (κ1) is 30.7. The Labute approximate surface area is 244 Å². The number of rotatable bonds is 11. The maximum atomic E-state index is 13.6. The minimum Gasteiger partial charge on any atom is -0.464 e. The molecule has 3 N–H and O–H groups in total. The summed E-state index contributed by atoms with van der Waals surface area (Å²) in [6.45, 7) is 3.76. The largest absolute Gasteiger partial charge is 0.464 e. The molecule has 1 fully saturated rings. The zero-order valence-corrected chi connectivity index (χ0v) is 24.5. The summed E-state index contributed by atoms with van der Waals surface area (Å²) < 4.78 is 47.3. The van der Waals surface area contributed by atoms with E-state index in [2.05, 4.69) is 5.32 Å². The number of carbonyl (C=O) groups is 2. The van der Waals surface area contributed by atoms with Crippen LogP contribution >= 0.6 is 11.8 Å². The lowest BCUT2D eigenvalue weighted by molar-refractivity contribution is -0.146. The Balaban J connectivity index is 1.48. The summed E-state index contributed by atoms with van der Waals surface area (Å²) in [6.07, 6.45) is 0.193. The molecule has 4 rings (SSSR count). The third-order valence-corrected chi connectivity index (χ3v) is 10.1. The number of halogens is 1. The van der Waals surface area contributed by atoms with Gasteiger partial charge in [0, 0.05) is 18.7 Å². The normalized spacial score (nSPS) is 17.2. The van der Waals surface area contributed by atoms with Gasteiger partial charge >= 0.3 is 5.97 Å². The van der Waals surface area contributed by atoms with E-state index in [-0.39, 0.29) is 30.4 Å². The first-order valence-electron chi connectivity index (χ1n) is 13.3. The summed E-state index contributed by atoms with van der Waals surface area (Å²) >= 11 is 1.23. The van der Waals surface area contributed by atoms with Crippen LogP contribution in [0.2, 0.25) is 0 Å². The molecule has 0 aromatic heterocycles. The molecular formula is C30H34FN3O5S2. The number of amides is 1. The van der Waals surface area contributed by atoms with Gasteiger partial charge in [0.1, 0.15) is 17.2 Å². The summed E-state index contributed by atoms with van der Waals surface area (Å²) in [7, 11) is -3.96. The third kappa shape index (κ3) is 7.53. The van der Waals surface area contributed by atoms with E-state index in [0.29, 0.717) is 11.3 Å². The number of benzene rings is 3. The lowest BCUT2D eigenvalue weighted by Gasteiger charge is -2.26. The minimum atomic E-state index is -3.96. The van der Waals surface area contributed by atoms with Crippen LogP contribution in [0.5, 0.6) is 0 Å². The Bertz CT molecular complexity index is 1440. The van der Waals surface area contributed by atoms with Gasteiger partial charge in [-0.1, -0.05) is 68.4 Å². The van der Waals surface area contributed by atoms with E-state index in [1.54, 1.807) is 24.3 Å². The van der Waals surface area contributed by atoms with Crippen molar-refractivity contribution in [1.29, 1.82) is 0 Å². The second-order valence-corrected chi connectivity index (χ2v) is 13.1. The Morgan fingerprint density at radius 2 is 1.66 bits per heavy atom. The van der Waals surface area contributed by atoms with Gasteiger partial charge in [-0.2, -0.15) is 4.31 Å². The molecule has 3 unspecified atom stereocenters. The van der Waals surface area contributed by atoms with Gasteiger partial charge in [-0.15, -0.1) is 11.8 Å². The molecule has 0 aliphatic carbocycles. The van der Waals surface area contributed by atoms with Crippen LogP contribution in [-0.4, -0.2) is 54.9 Å². The van der Waals surface area contributed by atoms with Gasteiger partial charge < -0.3 is 15.8 Å². The van der Waals surface area contributed by atoms with E-state index >= 15 is 0 Å². The van der Waals surface area contributed by atoms with Gasteiger partial charge in [0.25, 0.3) is 0 Å². The van der Waals surface area contributed by atoms with Gasteiger partial charge in [0.15, 0.2) is 0 Å². The number of hydrogen-bond acceptors (Lipinski definition) is 7. The highest BCUT2D eigenvalue weighted by Gasteiger charge is 2.40. The van der Waals surface area contributed by atoms with Crippen molar-refractivity contribution in [2.45, 2.75) is 42.6 Å². The molecule has 0 bridgehead atoms. The monoisotopic (exact) mass is 599 g/mol. The molecule has 11 heteroatoms. The molecule has 1 saturated heterocycles. The number of nitrogens with two attached hydrogens (primary N) is 1. The van der Waals surface area contributed by atoms with Crippen LogP contribution in [-0.2, 0) is 24.3 Å². The number of hydrogen-bond donors (Lipinski definition) is 2. The van der Waals surface area contributed by atoms with Crippen molar-refractivity contribution in [3.8, 4) is 11.1 Å². The second-order valence-electron chi connectivity index (χ2n) is 10.1. The molecule has 3 aromatic carbocycles. The highest BCUT2D eigenvalue weighted by Crippen LogP contribution is 2.32. The fraction of sp³-hybridized carbons (Fsp3) is 0.333. The first-order valence-corrected chi connectivity index (χ1v) is 15.8. The topological polar surface area (TPSA) is 119 Å². The second kappa shape index (κ2) is 13.6. The van der Waals surface area contributed by atoms with Crippen LogP contribution in [0.4, 0.5) is 4.39 Å². The Morgan fingerprint density at radius 1 is 1.02 bits per heavy atom. The smallest absolute Gasteiger partial charge is 0.323 e. The highest BCUT2D eigenvalue weighted by molar-refractivity contribution is 8.02. The van der Waals surface area contributed by atoms with Crippen molar-refractivity contribution in [1.82, 2.24) is 9.62 Å². The molecule has 0 saturated carbocycles. The average Bonchev–Trinajstić information content (AvgIpc) is 3.48. The lowest BCUT2D eigenvalue weighted by Crippen LogP contribution is -2.46. The van der Waals surface area contributed by atoms with Crippen LogP contribution < -0.4 is 11.1 Å². The molecule has 1 aliphatic heterocycles. The van der Waals surface area contributed by atoms with Gasteiger partial charge in [-0.05, 0) is 46.9 Å². The van der Waals surface area contributed by atoms with Crippen molar-refractivity contribution in [3.05, 3.63) is 90.2 Å². The number of sulfonamides is 1. The molecule has 3 atom stereocenters. The summed E-state index contributed by atoms with van der Waals surface area (Å²) in [4.78, 5) is 25.8. The van der Waals surface area contributed by atoms with Crippen molar-refractivity contribution in [3.63, 3.8) is 0 Å². The molecule has 0 spiro atoms. The maximum absolute atomic E-state index is 13.6. The molecule has 3 aromatic rings. The molecule has 41 heavy (non-hydrogen) atoms. The summed E-state index contributed by atoms with van der Waals surface area (Å²) in [5.74, 6) is -1.14. The quantitative estimate of drug-likeness (QED) is 0.315. The highest BCUT2D eigenvalue weighted by atomic mass is 32.2. The van der Waals surface area contributed by atoms with Crippen LogP contribution in [0.3, 0.4) is 0 Å². The number of carbonyl (C=O) groups excluding carboxylic acids is 2. The van der Waals surface area contributed by atoms with Crippen molar-refractivity contribution in [2.75, 3.05) is 18.9 Å². The molecule has 218 valence electrons. The van der Waals surface area contributed by atoms with Gasteiger partial charge in [0.05, 0.1) is 17.5 Å². The molecule has 0 radical (unpaired) electrons. The minimum absolute atomic E-state index is 0.0326. The molecule has 8 nitrogen and oxygen atoms in total. The fourth-order valence-electron chi connectivity index (χ4n) is 4.40. The predicted octanol–water partition coefficient (Wildman–Crippen LogP) is 4.33. The van der Waals surface area contributed by atoms with Crippen LogP contribution in [0.15, 0.2) is 83.8 Å². The summed E-state index contributed by atoms with van der Waals surface area (Å²) in [6, 6.07) is 20.4. The number of thioether (sulfide) groups is 1. The van der Waals surface area contributed by atoms with E-state index in [1.807, 2.05) is 44.2 Å². The zero-order valence-electron chi connectivity index (χ0n) is 22.9. The fourth-order valence-corrected chi connectivity index (χ4v) is 7.48. The molecule has 1 heterocycles. The third-order valence-electron chi connectivity index (χ3n) is 6.87. The lowest BCUT2D eigenvalue weighted by atomic mass is 10.0. The average molecular weight is 600 g/mol. The molecular weight excluding hydrogens is 565 g/mol. The van der Waals surface area contributed by atoms with E-state index < -0.39 is 45.2 Å². The van der Waals surface area contributed by atoms with Crippen molar-refractivity contribution < 1.29 is 27.1 Å². The van der Waals surface area contributed by atoms with E-state index in [9.17, 15) is 22.4 Å². The number of esters is 1. The summed E-state index contributed by atoms with van der Waals surface area (Å²) in [5.41, 5.74) is 8.30. The van der Waals surface area contributed by atoms with Crippen LogP contribution in [0, 0.1) is 11.7 Å². The number of nitrogens with one attached hydrogen (secondary N) is 1.